The van der Waals surface area contributed by atoms with Gasteiger partial charge in [-0.15, -0.1) is 0 Å². The summed E-state index contributed by atoms with van der Waals surface area (Å²) in [5.41, 5.74) is 1.96. The Hall–Kier alpha value is -0.980. The number of halogens is 1. The summed E-state index contributed by atoms with van der Waals surface area (Å²) < 4.78 is 3.21. The van der Waals surface area contributed by atoms with Crippen molar-refractivity contribution in [3.05, 3.63) is 38.8 Å². The normalized spacial score (nSPS) is 10.7. The van der Waals surface area contributed by atoms with E-state index in [0.717, 1.165) is 15.7 Å². The molecule has 0 saturated heterocycles. The van der Waals surface area contributed by atoms with E-state index in [-0.39, 0.29) is 6.61 Å². The van der Waals surface area contributed by atoms with Crippen molar-refractivity contribution in [1.82, 2.24) is 14.8 Å². The molecule has 2 N–H and O–H groups in total. The highest BCUT2D eigenvalue weighted by Gasteiger charge is 2.10. The molecule has 0 spiro atoms. The lowest BCUT2D eigenvalue weighted by Crippen LogP contribution is -2.03. The Bertz CT molecular complexity index is 576. The molecule has 0 amide bonds. The fraction of sp³-hybridized carbons (Fsp3) is 0.200. The molecule has 0 radical (unpaired) electrons. The van der Waals surface area contributed by atoms with E-state index in [9.17, 15) is 5.11 Å². The van der Waals surface area contributed by atoms with E-state index >= 15 is 0 Å². The van der Waals surface area contributed by atoms with Gasteiger partial charge in [-0.3, -0.25) is 9.67 Å². The van der Waals surface area contributed by atoms with Crippen LogP contribution < -0.4 is 0 Å². The van der Waals surface area contributed by atoms with Crippen LogP contribution in [0.3, 0.4) is 0 Å². The Labute approximate surface area is 106 Å². The van der Waals surface area contributed by atoms with E-state index in [1.807, 2.05) is 25.1 Å². The second-order valence-corrected chi connectivity index (χ2v) is 4.56. The number of rotatable bonds is 2. The van der Waals surface area contributed by atoms with Gasteiger partial charge in [0.25, 0.3) is 0 Å². The Balaban J connectivity index is 2.72. The number of nitrogens with zero attached hydrogens (tertiary/aromatic N) is 2. The number of aliphatic hydroxyl groups excluding tert-OH is 1. The molecular weight excluding hydrogens is 290 g/mol. The van der Waals surface area contributed by atoms with E-state index in [2.05, 4.69) is 26.1 Å². The van der Waals surface area contributed by atoms with E-state index < -0.39 is 0 Å². The Morgan fingerprint density at radius 2 is 2.31 bits per heavy atom. The largest absolute Gasteiger partial charge is 0.388 e. The zero-order valence-corrected chi connectivity index (χ0v) is 11.0. The van der Waals surface area contributed by atoms with Crippen LogP contribution >= 0.6 is 28.1 Å². The molecule has 16 heavy (non-hydrogen) atoms. The highest BCUT2D eigenvalue weighted by Crippen LogP contribution is 2.23. The number of hydrogen-bond acceptors (Lipinski definition) is 3. The second-order valence-electron chi connectivity index (χ2n) is 3.32. The number of aliphatic hydroxyl groups is 1. The molecule has 0 aliphatic heterocycles. The number of benzene rings is 1. The van der Waals surface area contributed by atoms with E-state index in [1.165, 1.54) is 0 Å². The van der Waals surface area contributed by atoms with Gasteiger partial charge >= 0.3 is 0 Å². The maximum Gasteiger partial charge on any atom is 0.199 e. The molecule has 0 saturated carbocycles. The van der Waals surface area contributed by atoms with Crippen LogP contribution in [0.15, 0.2) is 22.7 Å². The van der Waals surface area contributed by atoms with Gasteiger partial charge in [-0.2, -0.15) is 5.10 Å². The molecule has 0 unspecified atom stereocenters. The number of aromatic amines is 1. The summed E-state index contributed by atoms with van der Waals surface area (Å²) in [6.07, 6.45) is 0. The summed E-state index contributed by atoms with van der Waals surface area (Å²) in [4.78, 5) is 0. The minimum absolute atomic E-state index is 0.154. The van der Waals surface area contributed by atoms with Gasteiger partial charge < -0.3 is 5.11 Å². The van der Waals surface area contributed by atoms with E-state index in [4.69, 9.17) is 12.2 Å². The molecule has 0 atom stereocenters. The zero-order valence-electron chi connectivity index (χ0n) is 8.57. The van der Waals surface area contributed by atoms with Crippen molar-refractivity contribution in [1.29, 1.82) is 0 Å². The van der Waals surface area contributed by atoms with Crippen LogP contribution in [0, 0.1) is 11.7 Å². The summed E-state index contributed by atoms with van der Waals surface area (Å²) in [5, 5.41) is 15.8. The molecule has 0 aliphatic rings. The Morgan fingerprint density at radius 3 is 3.00 bits per heavy atom. The highest BCUT2D eigenvalue weighted by molar-refractivity contribution is 9.10. The van der Waals surface area contributed by atoms with Crippen molar-refractivity contribution in [3.63, 3.8) is 0 Å². The van der Waals surface area contributed by atoms with Gasteiger partial charge in [0, 0.05) is 4.47 Å². The molecule has 84 valence electrons. The number of nitrogens with one attached hydrogen (secondary N) is 1. The first-order chi connectivity index (χ1) is 7.65. The van der Waals surface area contributed by atoms with Gasteiger partial charge in [-0.05, 0) is 36.8 Å². The third-order valence-electron chi connectivity index (χ3n) is 2.36. The summed E-state index contributed by atoms with van der Waals surface area (Å²) in [5.74, 6) is 0.506. The fourth-order valence-electron chi connectivity index (χ4n) is 1.52. The van der Waals surface area contributed by atoms with Crippen LogP contribution in [0.25, 0.3) is 5.69 Å². The SMILES string of the molecule is Cc1c(Br)cccc1-n1c(CO)n[nH]c1=S. The van der Waals surface area contributed by atoms with Crippen LogP contribution in [0.2, 0.25) is 0 Å². The third kappa shape index (κ3) is 1.83. The predicted molar refractivity (Wildman–Crippen MR) is 67.1 cm³/mol. The molecule has 4 nitrogen and oxygen atoms in total. The van der Waals surface area contributed by atoms with Crippen LogP contribution in [0.5, 0.6) is 0 Å². The average Bonchev–Trinajstić information content (AvgIpc) is 2.64. The molecule has 6 heteroatoms. The first-order valence-electron chi connectivity index (χ1n) is 4.67. The molecule has 2 aromatic rings. The van der Waals surface area contributed by atoms with E-state index in [0.29, 0.717) is 10.6 Å². The van der Waals surface area contributed by atoms with Crippen molar-refractivity contribution >= 4 is 28.1 Å². The molecular formula is C10H10BrN3OS. The summed E-state index contributed by atoms with van der Waals surface area (Å²) in [6.45, 7) is 1.83. The Morgan fingerprint density at radius 1 is 1.56 bits per heavy atom. The molecule has 0 aliphatic carbocycles. The smallest absolute Gasteiger partial charge is 0.199 e. The van der Waals surface area contributed by atoms with Crippen LogP contribution in [0.1, 0.15) is 11.4 Å². The van der Waals surface area contributed by atoms with Gasteiger partial charge in [0.05, 0.1) is 5.69 Å². The minimum Gasteiger partial charge on any atom is -0.388 e. The summed E-state index contributed by atoms with van der Waals surface area (Å²) in [7, 11) is 0. The standard InChI is InChI=1S/C10H10BrN3OS/c1-6-7(11)3-2-4-8(6)14-9(5-15)12-13-10(14)16/h2-4,15H,5H2,1H3,(H,13,16). The van der Waals surface area contributed by atoms with Gasteiger partial charge in [-0.1, -0.05) is 22.0 Å². The summed E-state index contributed by atoms with van der Waals surface area (Å²) in [6, 6.07) is 5.81. The molecule has 0 bridgehead atoms. The van der Waals surface area contributed by atoms with Crippen molar-refractivity contribution in [3.8, 4) is 5.69 Å². The number of hydrogen-bond donors (Lipinski definition) is 2. The van der Waals surface area contributed by atoms with Crippen molar-refractivity contribution in [2.24, 2.45) is 0 Å². The van der Waals surface area contributed by atoms with Gasteiger partial charge in [0.1, 0.15) is 6.61 Å². The van der Waals surface area contributed by atoms with Gasteiger partial charge in [-0.25, -0.2) is 0 Å². The quantitative estimate of drug-likeness (QED) is 0.838. The molecule has 1 heterocycles. The van der Waals surface area contributed by atoms with Gasteiger partial charge in [0.2, 0.25) is 0 Å². The maximum absolute atomic E-state index is 9.19. The van der Waals surface area contributed by atoms with Crippen molar-refractivity contribution in [2.75, 3.05) is 0 Å². The molecule has 2 rings (SSSR count). The Kier molecular flexibility index (Phi) is 3.22. The van der Waals surface area contributed by atoms with Crippen molar-refractivity contribution < 1.29 is 5.11 Å². The fourth-order valence-corrected chi connectivity index (χ4v) is 2.13. The lowest BCUT2D eigenvalue weighted by atomic mass is 10.2. The van der Waals surface area contributed by atoms with Crippen LogP contribution in [0.4, 0.5) is 0 Å². The van der Waals surface area contributed by atoms with E-state index in [1.54, 1.807) is 4.57 Å². The monoisotopic (exact) mass is 299 g/mol. The minimum atomic E-state index is -0.154. The topological polar surface area (TPSA) is 53.8 Å². The number of aromatic nitrogens is 3. The van der Waals surface area contributed by atoms with Gasteiger partial charge in [0.15, 0.2) is 10.6 Å². The first-order valence-corrected chi connectivity index (χ1v) is 5.88. The van der Waals surface area contributed by atoms with Crippen LogP contribution in [-0.4, -0.2) is 19.9 Å². The van der Waals surface area contributed by atoms with Crippen LogP contribution in [-0.2, 0) is 6.61 Å². The molecule has 0 fully saturated rings. The molecule has 1 aromatic heterocycles. The molecule has 1 aromatic carbocycles. The first kappa shape index (κ1) is 11.5. The lowest BCUT2D eigenvalue weighted by molar-refractivity contribution is 0.268. The maximum atomic E-state index is 9.19. The average molecular weight is 300 g/mol. The number of H-pyrrole nitrogens is 1. The third-order valence-corrected chi connectivity index (χ3v) is 3.50. The zero-order chi connectivity index (χ0) is 11.7. The highest BCUT2D eigenvalue weighted by atomic mass is 79.9. The lowest BCUT2D eigenvalue weighted by Gasteiger charge is -2.09. The second kappa shape index (κ2) is 4.48. The van der Waals surface area contributed by atoms with Crippen molar-refractivity contribution in [2.45, 2.75) is 13.5 Å². The predicted octanol–water partition coefficient (Wildman–Crippen LogP) is 2.49. The summed E-state index contributed by atoms with van der Waals surface area (Å²) >= 11 is 8.60.